The molecule has 0 bridgehead atoms. The van der Waals surface area contributed by atoms with E-state index in [1.807, 2.05) is 30.6 Å². The van der Waals surface area contributed by atoms with Crippen molar-refractivity contribution in [2.24, 2.45) is 10.7 Å². The Labute approximate surface area is 177 Å². The molecule has 2 aromatic carbocycles. The zero-order chi connectivity index (χ0) is 18.2. The number of rotatable bonds is 7. The average Bonchev–Trinajstić information content (AvgIpc) is 3.10. The second-order valence-corrected chi connectivity index (χ2v) is 6.15. The SMILES string of the molecule is CCc1ccc(NC(N)=NCCc2nccn2Cc2ccccc2)cc1.I. The number of aromatic nitrogens is 2. The lowest BCUT2D eigenvalue weighted by Gasteiger charge is -2.08. The number of benzene rings is 2. The first-order valence-electron chi connectivity index (χ1n) is 8.94. The van der Waals surface area contributed by atoms with Crippen molar-refractivity contribution < 1.29 is 0 Å². The molecule has 5 nitrogen and oxygen atoms in total. The summed E-state index contributed by atoms with van der Waals surface area (Å²) in [6.07, 6.45) is 5.61. The van der Waals surface area contributed by atoms with Crippen LogP contribution in [0.5, 0.6) is 0 Å². The molecule has 0 aliphatic rings. The van der Waals surface area contributed by atoms with Gasteiger partial charge in [-0.2, -0.15) is 0 Å². The molecule has 3 rings (SSSR count). The van der Waals surface area contributed by atoms with Crippen LogP contribution in [0.15, 0.2) is 72.0 Å². The second kappa shape index (κ2) is 10.7. The molecule has 0 aliphatic heterocycles. The molecule has 1 aromatic heterocycles. The Bertz CT molecular complexity index is 841. The number of aliphatic imine (C=N–C) groups is 1. The third kappa shape index (κ3) is 6.39. The number of aryl methyl sites for hydroxylation is 1. The zero-order valence-corrected chi connectivity index (χ0v) is 17.8. The van der Waals surface area contributed by atoms with E-state index in [9.17, 15) is 0 Å². The second-order valence-electron chi connectivity index (χ2n) is 6.15. The van der Waals surface area contributed by atoms with E-state index in [2.05, 4.69) is 63.2 Å². The van der Waals surface area contributed by atoms with Crippen molar-refractivity contribution in [3.63, 3.8) is 0 Å². The van der Waals surface area contributed by atoms with Crippen molar-refractivity contribution >= 4 is 35.6 Å². The minimum atomic E-state index is 0. The van der Waals surface area contributed by atoms with Gasteiger partial charge >= 0.3 is 0 Å². The molecule has 0 radical (unpaired) electrons. The molecular formula is C21H26IN5. The minimum absolute atomic E-state index is 0. The Morgan fingerprint density at radius 1 is 1.07 bits per heavy atom. The predicted molar refractivity (Wildman–Crippen MR) is 123 cm³/mol. The van der Waals surface area contributed by atoms with Gasteiger partial charge in [-0.3, -0.25) is 4.99 Å². The van der Waals surface area contributed by atoms with Gasteiger partial charge in [0, 0.05) is 37.6 Å². The summed E-state index contributed by atoms with van der Waals surface area (Å²) in [5.74, 6) is 1.44. The van der Waals surface area contributed by atoms with Crippen LogP contribution in [0.1, 0.15) is 23.9 Å². The molecule has 3 aromatic rings. The summed E-state index contributed by atoms with van der Waals surface area (Å²) >= 11 is 0. The Morgan fingerprint density at radius 3 is 2.52 bits per heavy atom. The number of nitrogens with one attached hydrogen (secondary N) is 1. The van der Waals surface area contributed by atoms with E-state index in [0.717, 1.165) is 30.9 Å². The molecule has 0 spiro atoms. The molecule has 27 heavy (non-hydrogen) atoms. The fourth-order valence-corrected chi connectivity index (χ4v) is 2.78. The van der Waals surface area contributed by atoms with Crippen LogP contribution in [0.3, 0.4) is 0 Å². The lowest BCUT2D eigenvalue weighted by molar-refractivity contribution is 0.716. The van der Waals surface area contributed by atoms with Gasteiger partial charge in [0.25, 0.3) is 0 Å². The topological polar surface area (TPSA) is 68.2 Å². The number of halogens is 1. The molecule has 6 heteroatoms. The normalized spacial score (nSPS) is 11.1. The fourth-order valence-electron chi connectivity index (χ4n) is 2.78. The van der Waals surface area contributed by atoms with Gasteiger partial charge in [0.1, 0.15) is 5.82 Å². The number of hydrogen-bond donors (Lipinski definition) is 2. The Morgan fingerprint density at radius 2 is 1.81 bits per heavy atom. The van der Waals surface area contributed by atoms with Crippen LogP contribution in [-0.2, 0) is 19.4 Å². The van der Waals surface area contributed by atoms with Crippen molar-refractivity contribution in [3.8, 4) is 0 Å². The summed E-state index contributed by atoms with van der Waals surface area (Å²) in [4.78, 5) is 8.86. The van der Waals surface area contributed by atoms with Gasteiger partial charge in [0.15, 0.2) is 5.96 Å². The van der Waals surface area contributed by atoms with E-state index in [4.69, 9.17) is 5.73 Å². The van der Waals surface area contributed by atoms with Gasteiger partial charge < -0.3 is 15.6 Å². The van der Waals surface area contributed by atoms with Crippen molar-refractivity contribution in [3.05, 3.63) is 83.9 Å². The van der Waals surface area contributed by atoms with E-state index in [0.29, 0.717) is 12.5 Å². The van der Waals surface area contributed by atoms with E-state index in [1.165, 1.54) is 11.1 Å². The smallest absolute Gasteiger partial charge is 0.193 e. The summed E-state index contributed by atoms with van der Waals surface area (Å²) in [5, 5.41) is 3.13. The largest absolute Gasteiger partial charge is 0.370 e. The maximum Gasteiger partial charge on any atom is 0.193 e. The first-order valence-corrected chi connectivity index (χ1v) is 8.94. The van der Waals surface area contributed by atoms with Crippen LogP contribution in [-0.4, -0.2) is 22.1 Å². The van der Waals surface area contributed by atoms with Crippen LogP contribution in [0.4, 0.5) is 5.69 Å². The van der Waals surface area contributed by atoms with E-state index < -0.39 is 0 Å². The zero-order valence-electron chi connectivity index (χ0n) is 15.5. The van der Waals surface area contributed by atoms with Gasteiger partial charge in [-0.1, -0.05) is 49.4 Å². The number of imidazole rings is 1. The van der Waals surface area contributed by atoms with Gasteiger partial charge in [-0.25, -0.2) is 4.98 Å². The maximum atomic E-state index is 5.99. The maximum absolute atomic E-state index is 5.99. The summed E-state index contributed by atoms with van der Waals surface area (Å²) in [7, 11) is 0. The number of nitrogens with two attached hydrogens (primary N) is 1. The highest BCUT2D eigenvalue weighted by Gasteiger charge is 2.03. The molecule has 3 N–H and O–H groups in total. The molecule has 0 aliphatic carbocycles. The van der Waals surface area contributed by atoms with Gasteiger partial charge in [-0.15, -0.1) is 24.0 Å². The average molecular weight is 475 g/mol. The highest BCUT2D eigenvalue weighted by atomic mass is 127. The molecule has 0 atom stereocenters. The van der Waals surface area contributed by atoms with Crippen molar-refractivity contribution in [1.29, 1.82) is 0 Å². The number of nitrogens with zero attached hydrogens (tertiary/aromatic N) is 3. The molecule has 0 saturated heterocycles. The third-order valence-corrected chi connectivity index (χ3v) is 4.25. The Hall–Kier alpha value is -2.35. The molecule has 142 valence electrons. The van der Waals surface area contributed by atoms with Crippen LogP contribution in [0.25, 0.3) is 0 Å². The Kier molecular flexibility index (Phi) is 8.32. The first-order chi connectivity index (χ1) is 12.7. The summed E-state index contributed by atoms with van der Waals surface area (Å²) in [6, 6.07) is 18.6. The predicted octanol–water partition coefficient (Wildman–Crippen LogP) is 4.08. The molecule has 0 saturated carbocycles. The van der Waals surface area contributed by atoms with Crippen LogP contribution < -0.4 is 11.1 Å². The minimum Gasteiger partial charge on any atom is -0.370 e. The van der Waals surface area contributed by atoms with E-state index >= 15 is 0 Å². The number of guanidine groups is 1. The fraction of sp³-hybridized carbons (Fsp3) is 0.238. The lowest BCUT2D eigenvalue weighted by atomic mass is 10.1. The van der Waals surface area contributed by atoms with Crippen LogP contribution >= 0.6 is 24.0 Å². The summed E-state index contributed by atoms with van der Waals surface area (Å²) in [5.41, 5.74) is 9.50. The monoisotopic (exact) mass is 475 g/mol. The molecule has 1 heterocycles. The highest BCUT2D eigenvalue weighted by molar-refractivity contribution is 14.0. The molecule has 0 unspecified atom stereocenters. The quantitative estimate of drug-likeness (QED) is 0.308. The van der Waals surface area contributed by atoms with Crippen molar-refractivity contribution in [2.45, 2.75) is 26.3 Å². The number of hydrogen-bond acceptors (Lipinski definition) is 2. The molecule has 0 amide bonds. The van der Waals surface area contributed by atoms with Gasteiger partial charge in [0.2, 0.25) is 0 Å². The van der Waals surface area contributed by atoms with Crippen LogP contribution in [0, 0.1) is 0 Å². The van der Waals surface area contributed by atoms with Crippen molar-refractivity contribution in [1.82, 2.24) is 9.55 Å². The van der Waals surface area contributed by atoms with Gasteiger partial charge in [0.05, 0.1) is 0 Å². The van der Waals surface area contributed by atoms with Gasteiger partial charge in [-0.05, 0) is 29.7 Å². The lowest BCUT2D eigenvalue weighted by Crippen LogP contribution is -2.23. The molecular weight excluding hydrogens is 449 g/mol. The van der Waals surface area contributed by atoms with E-state index in [1.54, 1.807) is 0 Å². The Balaban J connectivity index is 0.00000261. The summed E-state index contributed by atoms with van der Waals surface area (Å²) in [6.45, 7) is 3.55. The standard InChI is InChI=1S/C21H25N5.HI/c1-2-17-8-10-19(11-9-17)25-21(22)24-13-12-20-23-14-15-26(20)16-18-6-4-3-5-7-18;/h3-11,14-15H,2,12-13,16H2,1H3,(H3,22,24,25);1H. The third-order valence-electron chi connectivity index (χ3n) is 4.25. The number of anilines is 1. The molecule has 0 fully saturated rings. The van der Waals surface area contributed by atoms with E-state index in [-0.39, 0.29) is 24.0 Å². The van der Waals surface area contributed by atoms with Crippen molar-refractivity contribution in [2.75, 3.05) is 11.9 Å². The summed E-state index contributed by atoms with van der Waals surface area (Å²) < 4.78 is 2.15. The van der Waals surface area contributed by atoms with Crippen LogP contribution in [0.2, 0.25) is 0 Å². The highest BCUT2D eigenvalue weighted by Crippen LogP contribution is 2.10. The first kappa shape index (κ1) is 21.0.